The predicted octanol–water partition coefficient (Wildman–Crippen LogP) is 2.00. The van der Waals surface area contributed by atoms with Gasteiger partial charge < -0.3 is 25.0 Å². The Morgan fingerprint density at radius 1 is 1.07 bits per heavy atom. The molecule has 0 bridgehead atoms. The molecule has 7 nitrogen and oxygen atoms in total. The van der Waals surface area contributed by atoms with E-state index in [0.29, 0.717) is 52.4 Å². The van der Waals surface area contributed by atoms with E-state index in [4.69, 9.17) is 15.2 Å². The molecule has 1 unspecified atom stereocenters. The van der Waals surface area contributed by atoms with Crippen LogP contribution in [0.3, 0.4) is 0 Å². The van der Waals surface area contributed by atoms with E-state index in [1.807, 2.05) is 37.3 Å². The largest absolute Gasteiger partial charge is 0.449 e. The normalized spacial score (nSPS) is 15.5. The van der Waals surface area contributed by atoms with Gasteiger partial charge in [0.15, 0.2) is 0 Å². The van der Waals surface area contributed by atoms with Crippen LogP contribution in [0.4, 0.5) is 4.79 Å². The Balaban J connectivity index is 1.63. The number of piperazine rings is 1. The van der Waals surface area contributed by atoms with E-state index >= 15 is 0 Å². The van der Waals surface area contributed by atoms with Crippen LogP contribution in [0, 0.1) is 0 Å². The Morgan fingerprint density at radius 3 is 2.41 bits per heavy atom. The van der Waals surface area contributed by atoms with Crippen molar-refractivity contribution in [2.24, 2.45) is 5.73 Å². The quantitative estimate of drug-likeness (QED) is 0.666. The van der Waals surface area contributed by atoms with Crippen molar-refractivity contribution in [3.05, 3.63) is 35.9 Å². The monoisotopic (exact) mass is 377 g/mol. The molecule has 1 aliphatic rings. The summed E-state index contributed by atoms with van der Waals surface area (Å²) in [7, 11) is 0. The molecule has 27 heavy (non-hydrogen) atoms. The summed E-state index contributed by atoms with van der Waals surface area (Å²) in [5, 5.41) is 0. The lowest BCUT2D eigenvalue weighted by Gasteiger charge is -2.35. The first-order valence-electron chi connectivity index (χ1n) is 9.69. The smallest absolute Gasteiger partial charge is 0.409 e. The number of nitrogens with two attached hydrogens (primary N) is 1. The molecule has 1 atom stereocenters. The standard InChI is InChI=1S/C20H31N3O4/c1-2-3-14-27-20(25)23-12-10-22(11-13-23)19(24)18(21)9-15-26-16-17-7-5-4-6-8-17/h4-8,18H,2-3,9-16,21H2,1H3. The van der Waals surface area contributed by atoms with Crippen molar-refractivity contribution in [1.82, 2.24) is 9.80 Å². The molecular weight excluding hydrogens is 346 g/mol. The van der Waals surface area contributed by atoms with Crippen molar-refractivity contribution < 1.29 is 19.1 Å². The fourth-order valence-corrected chi connectivity index (χ4v) is 2.84. The maximum atomic E-state index is 12.5. The Morgan fingerprint density at radius 2 is 1.74 bits per heavy atom. The summed E-state index contributed by atoms with van der Waals surface area (Å²) < 4.78 is 10.8. The Hall–Kier alpha value is -2.12. The molecule has 0 radical (unpaired) electrons. The fourth-order valence-electron chi connectivity index (χ4n) is 2.84. The minimum absolute atomic E-state index is 0.0858. The van der Waals surface area contributed by atoms with Crippen LogP contribution in [0.5, 0.6) is 0 Å². The summed E-state index contributed by atoms with van der Waals surface area (Å²) in [6.45, 7) is 5.38. The number of carbonyl (C=O) groups is 2. The second kappa shape index (κ2) is 11.6. The summed E-state index contributed by atoms with van der Waals surface area (Å²) in [6, 6.07) is 9.31. The molecule has 1 aromatic carbocycles. The van der Waals surface area contributed by atoms with Crippen LogP contribution in [0.1, 0.15) is 31.7 Å². The van der Waals surface area contributed by atoms with Crippen molar-refractivity contribution in [2.75, 3.05) is 39.4 Å². The van der Waals surface area contributed by atoms with Gasteiger partial charge in [-0.2, -0.15) is 0 Å². The van der Waals surface area contributed by atoms with Gasteiger partial charge in [0.1, 0.15) is 0 Å². The number of rotatable bonds is 9. The molecule has 2 amide bonds. The summed E-state index contributed by atoms with van der Waals surface area (Å²) in [5.74, 6) is -0.0858. The molecule has 0 spiro atoms. The molecule has 0 aromatic heterocycles. The van der Waals surface area contributed by atoms with Gasteiger partial charge >= 0.3 is 6.09 Å². The van der Waals surface area contributed by atoms with Crippen LogP contribution in [0.25, 0.3) is 0 Å². The molecule has 1 aromatic rings. The van der Waals surface area contributed by atoms with Crippen molar-refractivity contribution in [3.8, 4) is 0 Å². The molecule has 7 heteroatoms. The highest BCUT2D eigenvalue weighted by molar-refractivity contribution is 5.82. The zero-order chi connectivity index (χ0) is 19.5. The summed E-state index contributed by atoms with van der Waals surface area (Å²) in [6.07, 6.45) is 2.04. The van der Waals surface area contributed by atoms with Gasteiger partial charge in [-0.05, 0) is 18.4 Å². The molecule has 0 aliphatic carbocycles. The predicted molar refractivity (Wildman–Crippen MR) is 103 cm³/mol. The summed E-state index contributed by atoms with van der Waals surface area (Å²) in [4.78, 5) is 27.8. The van der Waals surface area contributed by atoms with Crippen molar-refractivity contribution in [1.29, 1.82) is 0 Å². The second-order valence-electron chi connectivity index (χ2n) is 6.71. The number of hydrogen-bond acceptors (Lipinski definition) is 5. The number of benzene rings is 1. The van der Waals surface area contributed by atoms with Gasteiger partial charge in [0.05, 0.1) is 19.3 Å². The van der Waals surface area contributed by atoms with Crippen LogP contribution >= 0.6 is 0 Å². The maximum absolute atomic E-state index is 12.5. The molecular formula is C20H31N3O4. The second-order valence-corrected chi connectivity index (χ2v) is 6.71. The van der Waals surface area contributed by atoms with Gasteiger partial charge in [0, 0.05) is 32.8 Å². The van der Waals surface area contributed by atoms with Crippen molar-refractivity contribution in [2.45, 2.75) is 38.8 Å². The molecule has 1 fully saturated rings. The third kappa shape index (κ3) is 7.19. The highest BCUT2D eigenvalue weighted by Gasteiger charge is 2.27. The van der Waals surface area contributed by atoms with Gasteiger partial charge in [-0.3, -0.25) is 4.79 Å². The van der Waals surface area contributed by atoms with E-state index in [-0.39, 0.29) is 12.0 Å². The Bertz CT molecular complexity index is 574. The molecule has 2 N–H and O–H groups in total. The van der Waals surface area contributed by atoms with E-state index in [1.54, 1.807) is 9.80 Å². The lowest BCUT2D eigenvalue weighted by Crippen LogP contribution is -2.54. The van der Waals surface area contributed by atoms with Gasteiger partial charge in [-0.15, -0.1) is 0 Å². The maximum Gasteiger partial charge on any atom is 0.409 e. The number of hydrogen-bond donors (Lipinski definition) is 1. The van der Waals surface area contributed by atoms with Crippen LogP contribution in [-0.2, 0) is 20.9 Å². The topological polar surface area (TPSA) is 85.1 Å². The van der Waals surface area contributed by atoms with E-state index in [1.165, 1.54) is 0 Å². The van der Waals surface area contributed by atoms with Crippen LogP contribution in [-0.4, -0.2) is 67.2 Å². The van der Waals surface area contributed by atoms with E-state index in [0.717, 1.165) is 18.4 Å². The van der Waals surface area contributed by atoms with Crippen LogP contribution in [0.2, 0.25) is 0 Å². The molecule has 150 valence electrons. The molecule has 0 saturated carbocycles. The third-order valence-electron chi connectivity index (χ3n) is 4.57. The summed E-state index contributed by atoms with van der Waals surface area (Å²) >= 11 is 0. The molecule has 2 rings (SSSR count). The molecule has 1 heterocycles. The molecule has 1 aliphatic heterocycles. The number of amides is 2. The number of carbonyl (C=O) groups excluding carboxylic acids is 2. The van der Waals surface area contributed by atoms with E-state index < -0.39 is 6.04 Å². The third-order valence-corrected chi connectivity index (χ3v) is 4.57. The number of ether oxygens (including phenoxy) is 2. The van der Waals surface area contributed by atoms with E-state index in [9.17, 15) is 9.59 Å². The highest BCUT2D eigenvalue weighted by Crippen LogP contribution is 2.08. The zero-order valence-corrected chi connectivity index (χ0v) is 16.1. The van der Waals surface area contributed by atoms with Crippen LogP contribution < -0.4 is 5.73 Å². The zero-order valence-electron chi connectivity index (χ0n) is 16.1. The van der Waals surface area contributed by atoms with Gasteiger partial charge in [-0.25, -0.2) is 4.79 Å². The lowest BCUT2D eigenvalue weighted by atomic mass is 10.2. The van der Waals surface area contributed by atoms with Gasteiger partial charge in [0.25, 0.3) is 0 Å². The minimum Gasteiger partial charge on any atom is -0.449 e. The van der Waals surface area contributed by atoms with Gasteiger partial charge in [0.2, 0.25) is 5.91 Å². The average Bonchev–Trinajstić information content (AvgIpc) is 2.71. The number of unbranched alkanes of at least 4 members (excludes halogenated alkanes) is 1. The average molecular weight is 377 g/mol. The SMILES string of the molecule is CCCCOC(=O)N1CCN(C(=O)C(N)CCOCc2ccccc2)CC1. The highest BCUT2D eigenvalue weighted by atomic mass is 16.6. The van der Waals surface area contributed by atoms with Crippen molar-refractivity contribution >= 4 is 12.0 Å². The van der Waals surface area contributed by atoms with E-state index in [2.05, 4.69) is 0 Å². The first-order chi connectivity index (χ1) is 13.1. The lowest BCUT2D eigenvalue weighted by molar-refractivity contribution is -0.134. The van der Waals surface area contributed by atoms with Gasteiger partial charge in [-0.1, -0.05) is 43.7 Å². The first-order valence-corrected chi connectivity index (χ1v) is 9.69. The first kappa shape index (κ1) is 21.2. The van der Waals surface area contributed by atoms with Crippen molar-refractivity contribution in [3.63, 3.8) is 0 Å². The fraction of sp³-hybridized carbons (Fsp3) is 0.600. The summed E-state index contributed by atoms with van der Waals surface area (Å²) in [5.41, 5.74) is 7.12. The Kier molecular flexibility index (Phi) is 9.07. The Labute approximate surface area is 161 Å². The minimum atomic E-state index is -0.580. The van der Waals surface area contributed by atoms with Crippen LogP contribution in [0.15, 0.2) is 30.3 Å². The molecule has 1 saturated heterocycles. The number of nitrogens with zero attached hydrogens (tertiary/aromatic N) is 2.